The molecule has 2 nitrogen and oxygen atoms in total. The maximum atomic E-state index is 7.51. The van der Waals surface area contributed by atoms with Crippen LogP contribution in [0.1, 0.15) is 22.3 Å². The van der Waals surface area contributed by atoms with Crippen molar-refractivity contribution >= 4 is 5.69 Å². The fourth-order valence-corrected chi connectivity index (χ4v) is 7.18. The molecule has 0 amide bonds. The van der Waals surface area contributed by atoms with Crippen molar-refractivity contribution in [2.45, 2.75) is 5.41 Å². The molecule has 8 rings (SSSR count). The van der Waals surface area contributed by atoms with Crippen LogP contribution in [0.15, 0.2) is 170 Å². The highest BCUT2D eigenvalue weighted by Gasteiger charge is 2.49. The average molecular weight is 573 g/mol. The van der Waals surface area contributed by atoms with Gasteiger partial charge < -0.3 is 0 Å². The van der Waals surface area contributed by atoms with Gasteiger partial charge in [-0.1, -0.05) is 152 Å². The summed E-state index contributed by atoms with van der Waals surface area (Å²) in [4.78, 5) is 7.98. The summed E-state index contributed by atoms with van der Waals surface area (Å²) in [7, 11) is 0. The molecule has 0 fully saturated rings. The molecule has 0 radical (unpaired) electrons. The van der Waals surface area contributed by atoms with Crippen LogP contribution in [0.5, 0.6) is 0 Å². The van der Waals surface area contributed by atoms with Gasteiger partial charge in [0.25, 0.3) is 0 Å². The van der Waals surface area contributed by atoms with E-state index in [0.29, 0.717) is 5.69 Å². The quantitative estimate of drug-likeness (QED) is 0.188. The summed E-state index contributed by atoms with van der Waals surface area (Å²) in [6.07, 6.45) is 3.72. The topological polar surface area (TPSA) is 17.2 Å². The van der Waals surface area contributed by atoms with Crippen molar-refractivity contribution < 1.29 is 0 Å². The predicted octanol–water partition coefficient (Wildman–Crippen LogP) is 11.0. The van der Waals surface area contributed by atoms with Crippen LogP contribution in [0.25, 0.3) is 49.4 Å². The maximum absolute atomic E-state index is 7.51. The molecule has 0 aliphatic heterocycles. The molecule has 1 aliphatic carbocycles. The first-order valence-electron chi connectivity index (χ1n) is 15.2. The standard InChI is InChI=1S/C43H28N2/c1-44-36-26-24-32(25-27-36)38-17-9-19-40-39-18-8-16-37(31-22-20-30(21-23-31)33-11-10-28-45-29-33)41(39)43(42(38)40,34-12-4-2-5-13-34)35-14-6-3-7-15-35/h2-29H. The van der Waals surface area contributed by atoms with Crippen LogP contribution in [0.3, 0.4) is 0 Å². The molecule has 0 atom stereocenters. The summed E-state index contributed by atoms with van der Waals surface area (Å²) in [6.45, 7) is 7.51. The first-order valence-corrected chi connectivity index (χ1v) is 15.2. The molecule has 0 saturated heterocycles. The van der Waals surface area contributed by atoms with E-state index in [9.17, 15) is 0 Å². The average Bonchev–Trinajstić information content (AvgIpc) is 3.44. The van der Waals surface area contributed by atoms with E-state index in [2.05, 4.69) is 149 Å². The third-order valence-corrected chi connectivity index (χ3v) is 9.08. The van der Waals surface area contributed by atoms with Crippen molar-refractivity contribution in [1.82, 2.24) is 4.98 Å². The Kier molecular flexibility index (Phi) is 6.44. The first-order chi connectivity index (χ1) is 22.3. The summed E-state index contributed by atoms with van der Waals surface area (Å²) < 4.78 is 0. The monoisotopic (exact) mass is 572 g/mol. The number of hydrogen-bond acceptors (Lipinski definition) is 1. The van der Waals surface area contributed by atoms with Gasteiger partial charge in [-0.25, -0.2) is 4.85 Å². The van der Waals surface area contributed by atoms with Gasteiger partial charge in [-0.05, 0) is 72.8 Å². The number of benzene rings is 6. The zero-order valence-corrected chi connectivity index (χ0v) is 24.6. The predicted molar refractivity (Wildman–Crippen MR) is 184 cm³/mol. The molecule has 1 heterocycles. The number of aromatic nitrogens is 1. The smallest absolute Gasteiger partial charge is 0.187 e. The van der Waals surface area contributed by atoms with Gasteiger partial charge in [0.2, 0.25) is 0 Å². The highest BCUT2D eigenvalue weighted by Crippen LogP contribution is 2.60. The second-order valence-corrected chi connectivity index (χ2v) is 11.4. The van der Waals surface area contributed by atoms with Crippen LogP contribution in [-0.4, -0.2) is 4.98 Å². The fourth-order valence-electron chi connectivity index (χ4n) is 7.18. The Balaban J connectivity index is 1.46. The maximum Gasteiger partial charge on any atom is 0.187 e. The second kappa shape index (κ2) is 10.9. The van der Waals surface area contributed by atoms with Crippen molar-refractivity contribution in [3.8, 4) is 44.5 Å². The lowest BCUT2D eigenvalue weighted by atomic mass is 9.64. The van der Waals surface area contributed by atoms with E-state index in [1.54, 1.807) is 0 Å². The zero-order chi connectivity index (χ0) is 30.2. The number of hydrogen-bond donors (Lipinski definition) is 0. The minimum Gasteiger partial charge on any atom is -0.264 e. The van der Waals surface area contributed by atoms with Gasteiger partial charge in [0, 0.05) is 12.4 Å². The van der Waals surface area contributed by atoms with Crippen LogP contribution >= 0.6 is 0 Å². The Labute approximate surface area is 263 Å². The lowest BCUT2D eigenvalue weighted by Gasteiger charge is -2.36. The molecule has 1 aromatic heterocycles. The number of pyridine rings is 1. The molecule has 210 valence electrons. The lowest BCUT2D eigenvalue weighted by Crippen LogP contribution is -2.30. The van der Waals surface area contributed by atoms with Crippen LogP contribution in [0.2, 0.25) is 0 Å². The van der Waals surface area contributed by atoms with E-state index in [1.807, 2.05) is 30.6 Å². The Morgan fingerprint density at radius 1 is 0.422 bits per heavy atom. The van der Waals surface area contributed by atoms with E-state index in [-0.39, 0.29) is 0 Å². The Bertz CT molecular complexity index is 2140. The van der Waals surface area contributed by atoms with E-state index in [1.165, 1.54) is 50.1 Å². The molecule has 0 bridgehead atoms. The fraction of sp³-hybridized carbons (Fsp3) is 0.0233. The highest BCUT2D eigenvalue weighted by atomic mass is 14.6. The SMILES string of the molecule is [C-]#[N+]c1ccc(-c2cccc3c2C(c2ccccc2)(c2ccccc2)c2c(-c4ccc(-c5cccnc5)cc4)cccc2-3)cc1. The largest absolute Gasteiger partial charge is 0.264 e. The molecule has 0 saturated carbocycles. The Hall–Kier alpha value is -6.04. The zero-order valence-electron chi connectivity index (χ0n) is 24.6. The van der Waals surface area contributed by atoms with E-state index >= 15 is 0 Å². The third kappa shape index (κ3) is 4.21. The Morgan fingerprint density at radius 2 is 0.911 bits per heavy atom. The molecule has 6 aromatic carbocycles. The van der Waals surface area contributed by atoms with Crippen LogP contribution in [0, 0.1) is 6.57 Å². The van der Waals surface area contributed by atoms with Crippen molar-refractivity contribution in [1.29, 1.82) is 0 Å². The minimum absolute atomic E-state index is 0.582. The van der Waals surface area contributed by atoms with Crippen LogP contribution < -0.4 is 0 Å². The minimum atomic E-state index is -0.582. The second-order valence-electron chi connectivity index (χ2n) is 11.4. The molecule has 2 heteroatoms. The van der Waals surface area contributed by atoms with E-state index in [4.69, 9.17) is 6.57 Å². The third-order valence-electron chi connectivity index (χ3n) is 9.08. The van der Waals surface area contributed by atoms with Crippen molar-refractivity contribution in [3.05, 3.63) is 204 Å². The normalized spacial score (nSPS) is 12.6. The molecule has 0 unspecified atom stereocenters. The molecule has 0 spiro atoms. The first kappa shape index (κ1) is 26.6. The summed E-state index contributed by atoms with van der Waals surface area (Å²) in [5, 5.41) is 0. The molecular formula is C43H28N2. The highest BCUT2D eigenvalue weighted by molar-refractivity contribution is 5.97. The summed E-state index contributed by atoms with van der Waals surface area (Å²) in [6, 6.07) is 56.3. The van der Waals surface area contributed by atoms with Gasteiger partial charge in [0.1, 0.15) is 0 Å². The van der Waals surface area contributed by atoms with Crippen LogP contribution in [-0.2, 0) is 5.41 Å². The van der Waals surface area contributed by atoms with Crippen molar-refractivity contribution in [2.75, 3.05) is 0 Å². The van der Waals surface area contributed by atoms with Gasteiger partial charge in [0.05, 0.1) is 12.0 Å². The lowest BCUT2D eigenvalue weighted by molar-refractivity contribution is 0.772. The number of nitrogens with zero attached hydrogens (tertiary/aromatic N) is 2. The summed E-state index contributed by atoms with van der Waals surface area (Å²) >= 11 is 0. The molecule has 1 aliphatic rings. The van der Waals surface area contributed by atoms with Gasteiger partial charge in [-0.3, -0.25) is 4.98 Å². The van der Waals surface area contributed by atoms with Crippen molar-refractivity contribution in [3.63, 3.8) is 0 Å². The van der Waals surface area contributed by atoms with Crippen LogP contribution in [0.4, 0.5) is 5.69 Å². The van der Waals surface area contributed by atoms with E-state index < -0.39 is 5.41 Å². The molecule has 7 aromatic rings. The Morgan fingerprint density at radius 3 is 1.40 bits per heavy atom. The van der Waals surface area contributed by atoms with Gasteiger partial charge >= 0.3 is 0 Å². The van der Waals surface area contributed by atoms with Gasteiger partial charge in [-0.2, -0.15) is 0 Å². The van der Waals surface area contributed by atoms with E-state index in [0.717, 1.165) is 16.7 Å². The number of fused-ring (bicyclic) bond motifs is 3. The van der Waals surface area contributed by atoms with Gasteiger partial charge in [-0.15, -0.1) is 0 Å². The molecular weight excluding hydrogens is 544 g/mol. The van der Waals surface area contributed by atoms with Gasteiger partial charge in [0.15, 0.2) is 5.69 Å². The number of rotatable bonds is 5. The summed E-state index contributed by atoms with van der Waals surface area (Å²) in [5.41, 5.74) is 14.4. The van der Waals surface area contributed by atoms with Crippen molar-refractivity contribution in [2.24, 2.45) is 0 Å². The summed E-state index contributed by atoms with van der Waals surface area (Å²) in [5.74, 6) is 0. The molecule has 0 N–H and O–H groups in total. The molecule has 45 heavy (non-hydrogen) atoms.